The molecule has 2 amide bonds. The fourth-order valence-corrected chi connectivity index (χ4v) is 1.82. The topological polar surface area (TPSA) is 170 Å². The van der Waals surface area contributed by atoms with E-state index in [-0.39, 0.29) is 31.5 Å². The lowest BCUT2D eigenvalue weighted by Gasteiger charge is -2.18. The molecule has 5 N–H and O–H groups in total. The summed E-state index contributed by atoms with van der Waals surface area (Å²) in [5.41, 5.74) is 0. The summed E-state index contributed by atoms with van der Waals surface area (Å²) in [7, 11) is 0. The first-order valence-corrected chi connectivity index (χ1v) is 7.43. The van der Waals surface area contributed by atoms with Crippen LogP contribution in [0.4, 0.5) is 4.79 Å². The summed E-state index contributed by atoms with van der Waals surface area (Å²) in [6, 6.07) is -3.75. The highest BCUT2D eigenvalue weighted by molar-refractivity contribution is 5.86. The van der Waals surface area contributed by atoms with Gasteiger partial charge in [-0.1, -0.05) is 6.92 Å². The zero-order valence-electron chi connectivity index (χ0n) is 13.3. The predicted molar refractivity (Wildman–Crippen MR) is 80.5 cm³/mol. The summed E-state index contributed by atoms with van der Waals surface area (Å²) in [5.74, 6) is -3.98. The highest BCUT2D eigenvalue weighted by Gasteiger charge is 2.24. The predicted octanol–water partition coefficient (Wildman–Crippen LogP) is 0.206. The molecule has 24 heavy (non-hydrogen) atoms. The van der Waals surface area contributed by atoms with Crippen LogP contribution >= 0.6 is 0 Å². The van der Waals surface area contributed by atoms with Crippen LogP contribution < -0.4 is 10.6 Å². The first kappa shape index (κ1) is 21.4. The lowest BCUT2D eigenvalue weighted by molar-refractivity contribution is -0.140. The zero-order chi connectivity index (χ0) is 18.7. The molecule has 0 aliphatic heterocycles. The van der Waals surface area contributed by atoms with Crippen LogP contribution in [0.5, 0.6) is 0 Å². The summed E-state index contributed by atoms with van der Waals surface area (Å²) in [4.78, 5) is 55.4. The van der Waals surface area contributed by atoms with Crippen molar-refractivity contribution >= 4 is 29.7 Å². The number of ketones is 1. The van der Waals surface area contributed by atoms with Crippen molar-refractivity contribution in [2.45, 2.75) is 57.5 Å². The monoisotopic (exact) mass is 346 g/mol. The summed E-state index contributed by atoms with van der Waals surface area (Å²) in [6.07, 6.45) is 0.0294. The van der Waals surface area contributed by atoms with Gasteiger partial charge in [-0.2, -0.15) is 0 Å². The van der Waals surface area contributed by atoms with Crippen LogP contribution in [0.25, 0.3) is 0 Å². The van der Waals surface area contributed by atoms with E-state index in [2.05, 4.69) is 5.32 Å². The second kappa shape index (κ2) is 11.0. The molecule has 0 aromatic rings. The molecule has 0 saturated carbocycles. The van der Waals surface area contributed by atoms with Gasteiger partial charge in [0.15, 0.2) is 0 Å². The Morgan fingerprint density at radius 2 is 1.33 bits per heavy atom. The van der Waals surface area contributed by atoms with Gasteiger partial charge >= 0.3 is 23.9 Å². The average Bonchev–Trinajstić information content (AvgIpc) is 2.49. The van der Waals surface area contributed by atoms with Crippen molar-refractivity contribution in [3.8, 4) is 0 Å². The third-order valence-electron chi connectivity index (χ3n) is 3.20. The second-order valence-corrected chi connectivity index (χ2v) is 5.12. The van der Waals surface area contributed by atoms with E-state index in [0.29, 0.717) is 6.42 Å². The van der Waals surface area contributed by atoms with E-state index in [1.807, 2.05) is 5.32 Å². The number of urea groups is 1. The van der Waals surface area contributed by atoms with Crippen molar-refractivity contribution in [3.05, 3.63) is 0 Å². The molecule has 0 radical (unpaired) electrons. The van der Waals surface area contributed by atoms with E-state index < -0.39 is 42.4 Å². The molecule has 10 nitrogen and oxygen atoms in total. The minimum atomic E-state index is -1.45. The first-order valence-electron chi connectivity index (χ1n) is 7.43. The first-order chi connectivity index (χ1) is 11.2. The molecule has 136 valence electrons. The average molecular weight is 346 g/mol. The van der Waals surface area contributed by atoms with E-state index in [9.17, 15) is 24.0 Å². The maximum atomic E-state index is 11.7. The van der Waals surface area contributed by atoms with E-state index in [0.717, 1.165) is 0 Å². The molecule has 0 heterocycles. The van der Waals surface area contributed by atoms with Crippen molar-refractivity contribution in [1.82, 2.24) is 10.6 Å². The molecule has 0 saturated heterocycles. The molecule has 0 aliphatic rings. The molecular weight excluding hydrogens is 324 g/mol. The maximum absolute atomic E-state index is 11.7. The van der Waals surface area contributed by atoms with Crippen molar-refractivity contribution in [3.63, 3.8) is 0 Å². The molecule has 0 aromatic heterocycles. The highest BCUT2D eigenvalue weighted by Crippen LogP contribution is 2.04. The molecule has 0 bridgehead atoms. The van der Waals surface area contributed by atoms with Crippen LogP contribution in [0, 0.1) is 0 Å². The van der Waals surface area contributed by atoms with Gasteiger partial charge < -0.3 is 26.0 Å². The number of Topliss-reactive ketones (excluding diaryl/α,β-unsaturated/α-hetero) is 1. The quantitative estimate of drug-likeness (QED) is 0.334. The molecule has 0 aliphatic carbocycles. The Balaban J connectivity index is 4.52. The zero-order valence-corrected chi connectivity index (χ0v) is 13.3. The van der Waals surface area contributed by atoms with Crippen molar-refractivity contribution in [2.24, 2.45) is 0 Å². The number of amides is 2. The van der Waals surface area contributed by atoms with Gasteiger partial charge in [-0.15, -0.1) is 0 Å². The van der Waals surface area contributed by atoms with Crippen LogP contribution in [-0.4, -0.2) is 57.1 Å². The number of hydrogen-bond acceptors (Lipinski definition) is 5. The van der Waals surface area contributed by atoms with Crippen LogP contribution in [0.2, 0.25) is 0 Å². The SMILES string of the molecule is CCC(=O)CCC[C@H](NC(=O)N[C@@H](CCC(=O)O)C(=O)O)C(=O)O. The van der Waals surface area contributed by atoms with Gasteiger partial charge in [0.25, 0.3) is 0 Å². The van der Waals surface area contributed by atoms with Gasteiger partial charge in [-0.3, -0.25) is 9.59 Å². The molecule has 0 fully saturated rings. The maximum Gasteiger partial charge on any atom is 0.326 e. The van der Waals surface area contributed by atoms with Gasteiger partial charge in [-0.25, -0.2) is 14.4 Å². The molecule has 0 unspecified atom stereocenters. The normalized spacial score (nSPS) is 12.7. The molecule has 2 atom stereocenters. The number of carbonyl (C=O) groups is 5. The Morgan fingerprint density at radius 3 is 1.75 bits per heavy atom. The number of nitrogens with one attached hydrogen (secondary N) is 2. The van der Waals surface area contributed by atoms with Gasteiger partial charge in [-0.05, 0) is 19.3 Å². The Labute approximate surface area is 138 Å². The van der Waals surface area contributed by atoms with E-state index in [4.69, 9.17) is 15.3 Å². The number of carboxylic acids is 3. The molecule has 0 spiro atoms. The van der Waals surface area contributed by atoms with Crippen molar-refractivity contribution in [2.75, 3.05) is 0 Å². The second-order valence-electron chi connectivity index (χ2n) is 5.12. The molecule has 0 rings (SSSR count). The van der Waals surface area contributed by atoms with E-state index in [1.54, 1.807) is 6.92 Å². The standard InChI is InChI=1S/C14H22N2O8/c1-2-8(17)4-3-5-9(12(20)21)15-14(24)16-10(13(22)23)6-7-11(18)19/h9-10H,2-7H2,1H3,(H,18,19)(H,20,21)(H,22,23)(H2,15,16,24)/t9-,10-/m0/s1. The fraction of sp³-hybridized carbons (Fsp3) is 0.643. The lowest BCUT2D eigenvalue weighted by Crippen LogP contribution is -2.51. The Kier molecular flexibility index (Phi) is 9.76. The summed E-state index contributed by atoms with van der Waals surface area (Å²) in [5, 5.41) is 30.6. The van der Waals surface area contributed by atoms with Gasteiger partial charge in [0.2, 0.25) is 0 Å². The van der Waals surface area contributed by atoms with Crippen LogP contribution in [0.3, 0.4) is 0 Å². The number of aliphatic carboxylic acids is 3. The number of rotatable bonds is 12. The van der Waals surface area contributed by atoms with Crippen molar-refractivity contribution < 1.29 is 39.3 Å². The number of carbonyl (C=O) groups excluding carboxylic acids is 2. The Bertz CT molecular complexity index is 491. The van der Waals surface area contributed by atoms with E-state index >= 15 is 0 Å². The number of hydrogen-bond donors (Lipinski definition) is 5. The number of carboxylic acid groups (broad SMARTS) is 3. The van der Waals surface area contributed by atoms with Crippen LogP contribution in [0.1, 0.15) is 45.4 Å². The molecule has 0 aromatic carbocycles. The summed E-state index contributed by atoms with van der Waals surface area (Å²) in [6.45, 7) is 1.69. The van der Waals surface area contributed by atoms with Crippen LogP contribution in [0.15, 0.2) is 0 Å². The third-order valence-corrected chi connectivity index (χ3v) is 3.20. The smallest absolute Gasteiger partial charge is 0.326 e. The minimum absolute atomic E-state index is 0.0152. The summed E-state index contributed by atoms with van der Waals surface area (Å²) >= 11 is 0. The van der Waals surface area contributed by atoms with E-state index in [1.165, 1.54) is 0 Å². The third kappa shape index (κ3) is 9.38. The van der Waals surface area contributed by atoms with Gasteiger partial charge in [0, 0.05) is 19.3 Å². The van der Waals surface area contributed by atoms with Crippen molar-refractivity contribution in [1.29, 1.82) is 0 Å². The Morgan fingerprint density at radius 1 is 0.833 bits per heavy atom. The van der Waals surface area contributed by atoms with Gasteiger partial charge in [0.05, 0.1) is 0 Å². The largest absolute Gasteiger partial charge is 0.481 e. The van der Waals surface area contributed by atoms with Gasteiger partial charge in [0.1, 0.15) is 17.9 Å². The summed E-state index contributed by atoms with van der Waals surface area (Å²) < 4.78 is 0. The minimum Gasteiger partial charge on any atom is -0.481 e. The lowest BCUT2D eigenvalue weighted by atomic mass is 10.1. The highest BCUT2D eigenvalue weighted by atomic mass is 16.4. The fourth-order valence-electron chi connectivity index (χ4n) is 1.82. The Hall–Kier alpha value is -2.65. The molecule has 10 heteroatoms. The van der Waals surface area contributed by atoms with Crippen LogP contribution in [-0.2, 0) is 19.2 Å². The molecular formula is C14H22N2O8.